The second-order valence-corrected chi connectivity index (χ2v) is 9.80. The van der Waals surface area contributed by atoms with Gasteiger partial charge in [0.15, 0.2) is 5.96 Å². The molecule has 2 saturated heterocycles. The number of hydrogen-bond donors (Lipinski definition) is 2. The van der Waals surface area contributed by atoms with E-state index in [0.717, 1.165) is 71.0 Å². The van der Waals surface area contributed by atoms with Crippen LogP contribution in [0.2, 0.25) is 0 Å². The van der Waals surface area contributed by atoms with Crippen LogP contribution in [0.4, 0.5) is 0 Å². The number of rotatable bonds is 10. The lowest BCUT2D eigenvalue weighted by Gasteiger charge is -2.41. The first-order valence-corrected chi connectivity index (χ1v) is 12.8. The first kappa shape index (κ1) is 24.7. The molecule has 2 aliphatic heterocycles. The van der Waals surface area contributed by atoms with Gasteiger partial charge >= 0.3 is 0 Å². The number of ether oxygens (including phenoxy) is 2. The maximum Gasteiger partial charge on any atom is 0.191 e. The largest absolute Gasteiger partial charge is 0.383 e. The molecule has 3 rings (SSSR count). The Morgan fingerprint density at radius 3 is 2.45 bits per heavy atom. The fraction of sp³-hybridized carbons (Fsp3) is 0.958. The molecule has 2 N–H and O–H groups in total. The number of methoxy groups -OCH3 is 1. The summed E-state index contributed by atoms with van der Waals surface area (Å²) in [7, 11) is 1.79. The lowest BCUT2D eigenvalue weighted by atomic mass is 9.73. The van der Waals surface area contributed by atoms with Crippen LogP contribution in [0.25, 0.3) is 0 Å². The number of likely N-dealkylation sites (tertiary alicyclic amines) is 1. The number of aliphatic imine (C=N–C) groups is 1. The van der Waals surface area contributed by atoms with Gasteiger partial charge in [0.05, 0.1) is 19.8 Å². The van der Waals surface area contributed by atoms with E-state index in [2.05, 4.69) is 27.4 Å². The summed E-state index contributed by atoms with van der Waals surface area (Å²) in [5.74, 6) is 1.75. The lowest BCUT2D eigenvalue weighted by Crippen LogP contribution is -2.47. The van der Waals surface area contributed by atoms with E-state index < -0.39 is 0 Å². The fourth-order valence-electron chi connectivity index (χ4n) is 5.37. The molecule has 0 atom stereocenters. The van der Waals surface area contributed by atoms with E-state index in [-0.39, 0.29) is 0 Å². The first-order valence-electron chi connectivity index (χ1n) is 12.8. The Kier molecular flexibility index (Phi) is 10.9. The average molecular weight is 438 g/mol. The normalized spacial score (nSPS) is 24.3. The highest BCUT2D eigenvalue weighted by molar-refractivity contribution is 5.79. The summed E-state index contributed by atoms with van der Waals surface area (Å²) in [6, 6.07) is 0. The fourth-order valence-corrected chi connectivity index (χ4v) is 5.37. The zero-order chi connectivity index (χ0) is 21.8. The summed E-state index contributed by atoms with van der Waals surface area (Å²) in [6.07, 6.45) is 9.24. The van der Waals surface area contributed by atoms with E-state index in [4.69, 9.17) is 14.5 Å². The average Bonchev–Trinajstić information content (AvgIpc) is 2.81. The molecule has 0 amide bonds. The number of nitrogens with zero attached hydrogens (tertiary/aromatic N) is 3. The topological polar surface area (TPSA) is 61.4 Å². The third-order valence-corrected chi connectivity index (χ3v) is 7.37. The minimum atomic E-state index is 0.338. The minimum absolute atomic E-state index is 0.338. The molecular formula is C24H47N5O2. The Morgan fingerprint density at radius 2 is 1.77 bits per heavy atom. The van der Waals surface area contributed by atoms with Crippen molar-refractivity contribution in [1.82, 2.24) is 20.4 Å². The van der Waals surface area contributed by atoms with E-state index in [0.29, 0.717) is 5.41 Å². The molecule has 0 unspecified atom stereocenters. The van der Waals surface area contributed by atoms with Crippen LogP contribution in [0.3, 0.4) is 0 Å². The van der Waals surface area contributed by atoms with Crippen molar-refractivity contribution in [2.24, 2.45) is 16.3 Å². The van der Waals surface area contributed by atoms with Gasteiger partial charge in [-0.2, -0.15) is 0 Å². The molecule has 0 spiro atoms. The number of guanidine groups is 1. The van der Waals surface area contributed by atoms with Crippen LogP contribution in [0.1, 0.15) is 51.9 Å². The monoisotopic (exact) mass is 437 g/mol. The molecule has 3 aliphatic rings. The van der Waals surface area contributed by atoms with Crippen LogP contribution in [0, 0.1) is 11.3 Å². The van der Waals surface area contributed by atoms with Crippen molar-refractivity contribution in [2.75, 3.05) is 85.8 Å². The van der Waals surface area contributed by atoms with Gasteiger partial charge in [-0.1, -0.05) is 19.3 Å². The third-order valence-electron chi connectivity index (χ3n) is 7.37. The van der Waals surface area contributed by atoms with Crippen molar-refractivity contribution in [3.8, 4) is 0 Å². The quantitative estimate of drug-likeness (QED) is 0.404. The van der Waals surface area contributed by atoms with Gasteiger partial charge in [-0.15, -0.1) is 0 Å². The molecule has 7 heteroatoms. The molecule has 0 aromatic carbocycles. The van der Waals surface area contributed by atoms with Gasteiger partial charge < -0.3 is 25.0 Å². The predicted molar refractivity (Wildman–Crippen MR) is 128 cm³/mol. The van der Waals surface area contributed by atoms with Crippen LogP contribution >= 0.6 is 0 Å². The molecule has 0 aromatic heterocycles. The highest BCUT2D eigenvalue weighted by Crippen LogP contribution is 2.37. The van der Waals surface area contributed by atoms with Gasteiger partial charge in [0.2, 0.25) is 0 Å². The smallest absolute Gasteiger partial charge is 0.191 e. The summed E-state index contributed by atoms with van der Waals surface area (Å²) < 4.78 is 10.8. The molecule has 2 heterocycles. The molecule has 31 heavy (non-hydrogen) atoms. The van der Waals surface area contributed by atoms with Gasteiger partial charge in [0.1, 0.15) is 0 Å². The second-order valence-electron chi connectivity index (χ2n) is 9.80. The Balaban J connectivity index is 1.49. The van der Waals surface area contributed by atoms with Crippen molar-refractivity contribution in [1.29, 1.82) is 0 Å². The third kappa shape index (κ3) is 8.52. The number of hydrogen-bond acceptors (Lipinski definition) is 5. The van der Waals surface area contributed by atoms with Crippen LogP contribution in [-0.4, -0.2) is 102 Å². The molecule has 0 bridgehead atoms. The number of piperidine rings is 1. The molecule has 3 fully saturated rings. The first-order chi connectivity index (χ1) is 15.2. The molecule has 0 radical (unpaired) electrons. The van der Waals surface area contributed by atoms with Crippen LogP contribution in [0.5, 0.6) is 0 Å². The Morgan fingerprint density at radius 1 is 1.03 bits per heavy atom. The molecule has 180 valence electrons. The standard InChI is InChI=1S/C24H47N5O2/c1-3-25-23(26-19-22-7-11-28(12-8-22)13-16-30-2)27-20-24(9-5-4-6-10-24)21-29-14-17-31-18-15-29/h22H,3-21H2,1-2H3,(H2,25,26,27). The molecular weight excluding hydrogens is 390 g/mol. The highest BCUT2D eigenvalue weighted by atomic mass is 16.5. The number of morpholine rings is 1. The molecule has 7 nitrogen and oxygen atoms in total. The zero-order valence-electron chi connectivity index (χ0n) is 20.2. The summed E-state index contributed by atoms with van der Waals surface area (Å²) in [4.78, 5) is 10.3. The maximum absolute atomic E-state index is 5.57. The highest BCUT2D eigenvalue weighted by Gasteiger charge is 2.34. The maximum atomic E-state index is 5.57. The predicted octanol–water partition coefficient (Wildman–Crippen LogP) is 2.18. The van der Waals surface area contributed by atoms with Gasteiger partial charge in [-0.05, 0) is 51.6 Å². The molecule has 1 saturated carbocycles. The van der Waals surface area contributed by atoms with Crippen molar-refractivity contribution in [3.63, 3.8) is 0 Å². The Bertz CT molecular complexity index is 510. The molecule has 1 aliphatic carbocycles. The van der Waals surface area contributed by atoms with Crippen LogP contribution in [0.15, 0.2) is 4.99 Å². The van der Waals surface area contributed by atoms with Gasteiger partial charge in [-0.25, -0.2) is 0 Å². The number of nitrogens with one attached hydrogen (secondary N) is 2. The van der Waals surface area contributed by atoms with Crippen LogP contribution < -0.4 is 10.6 Å². The van der Waals surface area contributed by atoms with E-state index in [1.165, 1.54) is 64.6 Å². The van der Waals surface area contributed by atoms with Crippen molar-refractivity contribution < 1.29 is 9.47 Å². The Labute approximate surface area is 190 Å². The second kappa shape index (κ2) is 13.6. The van der Waals surface area contributed by atoms with E-state index in [9.17, 15) is 0 Å². The van der Waals surface area contributed by atoms with Gasteiger partial charge in [-0.3, -0.25) is 9.89 Å². The Hall–Kier alpha value is -0.890. The van der Waals surface area contributed by atoms with Gasteiger partial charge in [0.25, 0.3) is 0 Å². The van der Waals surface area contributed by atoms with Crippen LogP contribution in [-0.2, 0) is 9.47 Å². The van der Waals surface area contributed by atoms with Gasteiger partial charge in [0, 0.05) is 58.3 Å². The summed E-state index contributed by atoms with van der Waals surface area (Å²) >= 11 is 0. The SMILES string of the molecule is CCNC(=NCC1(CN2CCOCC2)CCCCC1)NCC1CCN(CCOC)CC1. The summed E-state index contributed by atoms with van der Waals surface area (Å²) in [5.41, 5.74) is 0.338. The zero-order valence-corrected chi connectivity index (χ0v) is 20.2. The van der Waals surface area contributed by atoms with E-state index in [1.54, 1.807) is 7.11 Å². The van der Waals surface area contributed by atoms with Crippen molar-refractivity contribution in [2.45, 2.75) is 51.9 Å². The summed E-state index contributed by atoms with van der Waals surface area (Å²) in [5, 5.41) is 7.17. The minimum Gasteiger partial charge on any atom is -0.383 e. The summed E-state index contributed by atoms with van der Waals surface area (Å²) in [6.45, 7) is 14.4. The van der Waals surface area contributed by atoms with E-state index in [1.807, 2.05) is 0 Å². The van der Waals surface area contributed by atoms with Crippen molar-refractivity contribution in [3.05, 3.63) is 0 Å². The van der Waals surface area contributed by atoms with Crippen molar-refractivity contribution >= 4 is 5.96 Å². The van der Waals surface area contributed by atoms with E-state index >= 15 is 0 Å². The lowest BCUT2D eigenvalue weighted by molar-refractivity contribution is 0.00937. The molecule has 0 aromatic rings.